The van der Waals surface area contributed by atoms with Gasteiger partial charge in [0.1, 0.15) is 17.8 Å². The fraction of sp³-hybridized carbons (Fsp3) is 0.500. The minimum Gasteiger partial charge on any atom is -0.493 e. The molecule has 3 rings (SSSR count). The largest absolute Gasteiger partial charge is 0.493 e. The van der Waals surface area contributed by atoms with Crippen LogP contribution in [-0.4, -0.2) is 74.0 Å². The summed E-state index contributed by atoms with van der Waals surface area (Å²) in [6.45, 7) is 6.92. The number of carbonyl (C=O) groups is 1. The van der Waals surface area contributed by atoms with Gasteiger partial charge in [-0.15, -0.1) is 0 Å². The number of aromatic nitrogens is 2. The van der Waals surface area contributed by atoms with Gasteiger partial charge in [0.2, 0.25) is 0 Å². The summed E-state index contributed by atoms with van der Waals surface area (Å²) < 4.78 is 10.7. The van der Waals surface area contributed by atoms with Crippen molar-refractivity contribution in [3.63, 3.8) is 0 Å². The van der Waals surface area contributed by atoms with Crippen molar-refractivity contribution in [3.05, 3.63) is 36.3 Å². The number of methoxy groups -OCH3 is 2. The van der Waals surface area contributed by atoms with Gasteiger partial charge >= 0.3 is 0 Å². The van der Waals surface area contributed by atoms with Crippen LogP contribution >= 0.6 is 0 Å². The van der Waals surface area contributed by atoms with Gasteiger partial charge in [-0.25, -0.2) is 9.97 Å². The lowest BCUT2D eigenvalue weighted by atomic mass is 10.1. The van der Waals surface area contributed by atoms with Gasteiger partial charge < -0.3 is 29.7 Å². The summed E-state index contributed by atoms with van der Waals surface area (Å²) in [5.41, 5.74) is 1.37. The van der Waals surface area contributed by atoms with E-state index in [2.05, 4.69) is 25.1 Å². The monoisotopic (exact) mass is 429 g/mol. The van der Waals surface area contributed by atoms with Crippen molar-refractivity contribution >= 4 is 17.4 Å². The molecule has 0 spiro atoms. The molecule has 1 saturated heterocycles. The Bertz CT molecular complexity index is 884. The summed E-state index contributed by atoms with van der Waals surface area (Å²) in [6, 6.07) is 7.31. The lowest BCUT2D eigenvalue weighted by Gasteiger charge is -2.36. The first kappa shape index (κ1) is 22.6. The number of benzene rings is 1. The topological polar surface area (TPSA) is 100 Å². The van der Waals surface area contributed by atoms with Crippen molar-refractivity contribution in [3.8, 4) is 11.5 Å². The average molecular weight is 430 g/mol. The van der Waals surface area contributed by atoms with E-state index in [1.807, 2.05) is 32.0 Å². The first-order valence-electron chi connectivity index (χ1n) is 10.4. The molecule has 1 amide bonds. The number of carbonyl (C=O) groups excluding carboxylic acids is 1. The summed E-state index contributed by atoms with van der Waals surface area (Å²) in [7, 11) is 3.26. The molecule has 1 fully saturated rings. The van der Waals surface area contributed by atoms with E-state index in [9.17, 15) is 9.90 Å². The third-order valence-corrected chi connectivity index (χ3v) is 5.54. The predicted octanol–water partition coefficient (Wildman–Crippen LogP) is 1.57. The molecule has 1 aromatic heterocycles. The molecule has 9 heteroatoms. The number of piperazine rings is 1. The Hall–Kier alpha value is -3.07. The van der Waals surface area contributed by atoms with Crippen LogP contribution in [0.4, 0.5) is 11.5 Å². The number of rotatable bonds is 8. The zero-order chi connectivity index (χ0) is 22.4. The highest BCUT2D eigenvalue weighted by atomic mass is 16.5. The minimum atomic E-state index is -0.309. The zero-order valence-electron chi connectivity index (χ0n) is 18.5. The number of aliphatic hydroxyl groups excluding tert-OH is 1. The van der Waals surface area contributed by atoms with Crippen LogP contribution in [0.2, 0.25) is 0 Å². The summed E-state index contributed by atoms with van der Waals surface area (Å²) in [5, 5.41) is 12.3. The number of amides is 1. The smallest absolute Gasteiger partial charge is 0.270 e. The fourth-order valence-electron chi connectivity index (χ4n) is 3.52. The van der Waals surface area contributed by atoms with Crippen LogP contribution in [0.1, 0.15) is 24.3 Å². The van der Waals surface area contributed by atoms with Gasteiger partial charge in [0.25, 0.3) is 5.91 Å². The molecule has 1 aliphatic heterocycles. The number of hydrogen-bond acceptors (Lipinski definition) is 8. The molecule has 9 nitrogen and oxygen atoms in total. The third kappa shape index (κ3) is 5.35. The van der Waals surface area contributed by atoms with Gasteiger partial charge in [0.15, 0.2) is 11.5 Å². The number of hydrogen-bond donors (Lipinski definition) is 2. The maximum atomic E-state index is 12.5. The Morgan fingerprint density at radius 3 is 2.35 bits per heavy atom. The fourth-order valence-corrected chi connectivity index (χ4v) is 3.52. The summed E-state index contributed by atoms with van der Waals surface area (Å²) in [4.78, 5) is 25.4. The highest BCUT2D eigenvalue weighted by molar-refractivity contribution is 5.93. The molecule has 1 aromatic carbocycles. The second-order valence-electron chi connectivity index (χ2n) is 7.78. The molecule has 168 valence electrons. The number of aliphatic hydroxyl groups is 1. The molecular weight excluding hydrogens is 398 g/mol. The SMILES string of the molecule is COc1ccc(N2CCN(c3cc(C(=O)N[C@H](CO)C(C)C)ncn3)CC2)cc1OC. The second-order valence-corrected chi connectivity index (χ2v) is 7.78. The van der Waals surface area contributed by atoms with E-state index in [1.165, 1.54) is 6.33 Å². The van der Waals surface area contributed by atoms with Crippen LogP contribution in [0.5, 0.6) is 11.5 Å². The summed E-state index contributed by atoms with van der Waals surface area (Å²) >= 11 is 0. The first-order valence-corrected chi connectivity index (χ1v) is 10.4. The normalized spacial score (nSPS) is 15.0. The summed E-state index contributed by atoms with van der Waals surface area (Å²) in [6.07, 6.45) is 1.41. The number of ether oxygens (including phenoxy) is 2. The van der Waals surface area contributed by atoms with Gasteiger partial charge in [-0.2, -0.15) is 0 Å². The Kier molecular flexibility index (Phi) is 7.51. The molecule has 0 unspecified atom stereocenters. The van der Waals surface area contributed by atoms with Crippen LogP contribution in [0.25, 0.3) is 0 Å². The zero-order valence-corrected chi connectivity index (χ0v) is 18.5. The number of nitrogens with one attached hydrogen (secondary N) is 1. The van der Waals surface area contributed by atoms with Crippen molar-refractivity contribution in [1.29, 1.82) is 0 Å². The Morgan fingerprint density at radius 2 is 1.74 bits per heavy atom. The van der Waals surface area contributed by atoms with E-state index in [-0.39, 0.29) is 24.5 Å². The van der Waals surface area contributed by atoms with Gasteiger partial charge in [-0.1, -0.05) is 13.8 Å². The molecule has 1 aliphatic rings. The molecule has 0 saturated carbocycles. The standard InChI is InChI=1S/C22H31N5O4/c1-15(2)18(13-28)25-22(29)17-12-21(24-14-23-17)27-9-7-26(8-10-27)16-5-6-19(30-3)20(11-16)31-4/h5-6,11-12,14-15,18,28H,7-10,13H2,1-4H3,(H,25,29)/t18-/m1/s1. The molecule has 0 bridgehead atoms. The van der Waals surface area contributed by atoms with E-state index in [4.69, 9.17) is 9.47 Å². The molecule has 0 aliphatic carbocycles. The van der Waals surface area contributed by atoms with Crippen molar-refractivity contribution in [2.24, 2.45) is 5.92 Å². The Balaban J connectivity index is 1.65. The molecule has 2 heterocycles. The Morgan fingerprint density at radius 1 is 1.06 bits per heavy atom. The van der Waals surface area contributed by atoms with E-state index in [0.717, 1.165) is 37.7 Å². The lowest BCUT2D eigenvalue weighted by molar-refractivity contribution is 0.0891. The predicted molar refractivity (Wildman–Crippen MR) is 119 cm³/mol. The van der Waals surface area contributed by atoms with Crippen LogP contribution < -0.4 is 24.6 Å². The van der Waals surface area contributed by atoms with Crippen molar-refractivity contribution in [2.75, 3.05) is 56.8 Å². The first-order chi connectivity index (χ1) is 15.0. The molecule has 2 aromatic rings. The van der Waals surface area contributed by atoms with Gasteiger partial charge in [0.05, 0.1) is 26.9 Å². The molecule has 2 N–H and O–H groups in total. The van der Waals surface area contributed by atoms with Crippen molar-refractivity contribution in [2.45, 2.75) is 19.9 Å². The van der Waals surface area contributed by atoms with Gasteiger partial charge in [-0.05, 0) is 18.1 Å². The summed E-state index contributed by atoms with van der Waals surface area (Å²) in [5.74, 6) is 1.95. The minimum absolute atomic E-state index is 0.112. The van der Waals surface area contributed by atoms with Crippen LogP contribution in [0.15, 0.2) is 30.6 Å². The number of nitrogens with zero attached hydrogens (tertiary/aromatic N) is 4. The quantitative estimate of drug-likeness (QED) is 0.652. The molecule has 1 atom stereocenters. The molecular formula is C22H31N5O4. The van der Waals surface area contributed by atoms with Crippen LogP contribution in [-0.2, 0) is 0 Å². The Labute approximate surface area is 183 Å². The van der Waals surface area contributed by atoms with Crippen LogP contribution in [0, 0.1) is 5.92 Å². The molecule has 0 radical (unpaired) electrons. The van der Waals surface area contributed by atoms with Gasteiger partial charge in [0, 0.05) is 44.0 Å². The van der Waals surface area contributed by atoms with Crippen molar-refractivity contribution in [1.82, 2.24) is 15.3 Å². The van der Waals surface area contributed by atoms with Crippen molar-refractivity contribution < 1.29 is 19.4 Å². The lowest BCUT2D eigenvalue weighted by Crippen LogP contribution is -2.47. The van der Waals surface area contributed by atoms with E-state index in [1.54, 1.807) is 20.3 Å². The average Bonchev–Trinajstić information content (AvgIpc) is 2.81. The molecule has 31 heavy (non-hydrogen) atoms. The second kappa shape index (κ2) is 10.3. The van der Waals surface area contributed by atoms with E-state index in [0.29, 0.717) is 17.2 Å². The van der Waals surface area contributed by atoms with Crippen LogP contribution in [0.3, 0.4) is 0 Å². The van der Waals surface area contributed by atoms with E-state index < -0.39 is 0 Å². The highest BCUT2D eigenvalue weighted by Crippen LogP contribution is 2.32. The van der Waals surface area contributed by atoms with Gasteiger partial charge in [-0.3, -0.25) is 4.79 Å². The maximum absolute atomic E-state index is 12.5. The van der Waals surface area contributed by atoms with E-state index >= 15 is 0 Å². The highest BCUT2D eigenvalue weighted by Gasteiger charge is 2.22. The maximum Gasteiger partial charge on any atom is 0.270 e. The number of anilines is 2. The third-order valence-electron chi connectivity index (χ3n) is 5.54.